The summed E-state index contributed by atoms with van der Waals surface area (Å²) in [5, 5.41) is 7.87. The van der Waals surface area contributed by atoms with E-state index in [1.165, 1.54) is 14.2 Å². The molecule has 0 bridgehead atoms. The maximum Gasteiger partial charge on any atom is 0.407 e. The Morgan fingerprint density at radius 2 is 1.40 bits per heavy atom. The average Bonchev–Trinajstić information content (AvgIpc) is 4.11. The first-order valence-corrected chi connectivity index (χ1v) is 21.2. The van der Waals surface area contributed by atoms with Crippen molar-refractivity contribution in [2.45, 2.75) is 83.3 Å². The Morgan fingerprint density at radius 3 is 2.05 bits per heavy atom. The lowest BCUT2D eigenvalue weighted by atomic mass is 9.94. The number of ether oxygens (including phenoxy) is 4. The van der Waals surface area contributed by atoms with E-state index in [1.807, 2.05) is 52.1 Å². The van der Waals surface area contributed by atoms with Crippen LogP contribution in [0, 0.1) is 11.8 Å². The fourth-order valence-corrected chi connectivity index (χ4v) is 9.09. The molecule has 0 saturated carbocycles. The van der Waals surface area contributed by atoms with Crippen molar-refractivity contribution in [3.8, 4) is 11.1 Å². The number of carbonyl (C=O) groups excluding carboxylic acids is 4. The molecular formula is C46H53N7O9. The zero-order chi connectivity index (χ0) is 43.9. The second kappa shape index (κ2) is 17.3. The van der Waals surface area contributed by atoms with E-state index < -0.39 is 36.1 Å². The normalized spacial score (nSPS) is 20.5. The predicted molar refractivity (Wildman–Crippen MR) is 232 cm³/mol. The molecule has 8 rings (SSSR count). The van der Waals surface area contributed by atoms with Crippen LogP contribution in [0.5, 0.6) is 0 Å². The van der Waals surface area contributed by atoms with Gasteiger partial charge >= 0.3 is 12.2 Å². The molecular weight excluding hydrogens is 795 g/mol. The Hall–Kier alpha value is -6.13. The Labute approximate surface area is 359 Å². The summed E-state index contributed by atoms with van der Waals surface area (Å²) in [4.78, 5) is 81.5. The van der Waals surface area contributed by atoms with Gasteiger partial charge in [-0.25, -0.2) is 14.6 Å². The minimum atomic E-state index is -0.918. The van der Waals surface area contributed by atoms with Crippen LogP contribution in [0.1, 0.15) is 70.8 Å². The molecule has 3 saturated heterocycles. The Kier molecular flexibility index (Phi) is 11.9. The fraction of sp³-hybridized carbons (Fsp3) is 0.457. The van der Waals surface area contributed by atoms with Crippen LogP contribution in [0.2, 0.25) is 0 Å². The molecule has 3 N–H and O–H groups in total. The lowest BCUT2D eigenvalue weighted by Crippen LogP contribution is -2.54. The first kappa shape index (κ1) is 42.6. The first-order valence-electron chi connectivity index (χ1n) is 21.2. The second-order valence-corrected chi connectivity index (χ2v) is 17.1. The van der Waals surface area contributed by atoms with Crippen LogP contribution in [0.15, 0.2) is 70.6 Å². The molecule has 326 valence electrons. The first-order chi connectivity index (χ1) is 29.8. The number of allylic oxidation sites excluding steroid dienone is 1. The number of alkyl carbamates (subject to hydrolysis) is 2. The van der Waals surface area contributed by atoms with Crippen molar-refractivity contribution in [2.24, 2.45) is 16.8 Å². The van der Waals surface area contributed by atoms with Crippen LogP contribution in [-0.4, -0.2) is 114 Å². The lowest BCUT2D eigenvalue weighted by Gasteiger charge is -2.31. The SMILES string of the molecule is COC(=O)N[C@H](C(=O)N1CC2(C[C@H]1C1=NC=C(c3ccc4cc(-c5ccc6c(=O)[nH]c([C@@H]7CCCN7C(=O)[C@@H](NC(=O)OC)C(C)C)nc6c5)ccc4c3)C1)OCCO2)C(C)C. The summed E-state index contributed by atoms with van der Waals surface area (Å²) >= 11 is 0. The third-order valence-electron chi connectivity index (χ3n) is 12.4. The Balaban J connectivity index is 1.000. The van der Waals surface area contributed by atoms with Crippen molar-refractivity contribution in [3.63, 3.8) is 0 Å². The van der Waals surface area contributed by atoms with E-state index in [-0.39, 0.29) is 41.8 Å². The summed E-state index contributed by atoms with van der Waals surface area (Å²) in [6.07, 6.45) is 2.84. The van der Waals surface area contributed by atoms with Gasteiger partial charge in [0.25, 0.3) is 5.56 Å². The number of methoxy groups -OCH3 is 2. The number of nitrogens with one attached hydrogen (secondary N) is 3. The Bertz CT molecular complexity index is 2540. The van der Waals surface area contributed by atoms with Crippen LogP contribution in [-0.2, 0) is 28.5 Å². The molecule has 0 aliphatic carbocycles. The molecule has 4 aliphatic rings. The molecule has 4 aliphatic heterocycles. The predicted octanol–water partition coefficient (Wildman–Crippen LogP) is 5.70. The van der Waals surface area contributed by atoms with Crippen LogP contribution in [0.3, 0.4) is 0 Å². The van der Waals surface area contributed by atoms with Gasteiger partial charge in [0, 0.05) is 31.3 Å². The molecule has 16 nitrogen and oxygen atoms in total. The number of H-pyrrole nitrogens is 1. The smallest absolute Gasteiger partial charge is 0.407 e. The summed E-state index contributed by atoms with van der Waals surface area (Å²) in [6, 6.07) is 15.7. The molecule has 4 atom stereocenters. The molecule has 0 radical (unpaired) electrons. The fourth-order valence-electron chi connectivity index (χ4n) is 9.09. The molecule has 4 aromatic rings. The summed E-state index contributed by atoms with van der Waals surface area (Å²) in [7, 11) is 2.53. The van der Waals surface area contributed by atoms with Gasteiger partial charge in [-0.15, -0.1) is 0 Å². The minimum absolute atomic E-state index is 0.185. The van der Waals surface area contributed by atoms with Crippen molar-refractivity contribution in [1.29, 1.82) is 0 Å². The molecule has 3 fully saturated rings. The number of nitrogens with zero attached hydrogens (tertiary/aromatic N) is 4. The van der Waals surface area contributed by atoms with Gasteiger partial charge in [-0.1, -0.05) is 58.0 Å². The van der Waals surface area contributed by atoms with Gasteiger partial charge in [-0.05, 0) is 82.0 Å². The molecule has 1 aromatic heterocycles. The van der Waals surface area contributed by atoms with Crippen molar-refractivity contribution < 1.29 is 38.1 Å². The van der Waals surface area contributed by atoms with Gasteiger partial charge in [-0.2, -0.15) is 0 Å². The number of fused-ring (bicyclic) bond motifs is 2. The van der Waals surface area contributed by atoms with E-state index in [0.717, 1.165) is 45.2 Å². The summed E-state index contributed by atoms with van der Waals surface area (Å²) < 4.78 is 21.7. The van der Waals surface area contributed by atoms with Crippen LogP contribution in [0.4, 0.5) is 9.59 Å². The van der Waals surface area contributed by atoms with E-state index in [0.29, 0.717) is 55.7 Å². The highest BCUT2D eigenvalue weighted by molar-refractivity contribution is 6.05. The third kappa shape index (κ3) is 8.28. The van der Waals surface area contributed by atoms with E-state index in [1.54, 1.807) is 15.9 Å². The largest absolute Gasteiger partial charge is 0.453 e. The summed E-state index contributed by atoms with van der Waals surface area (Å²) in [5.74, 6) is -1.37. The van der Waals surface area contributed by atoms with Crippen molar-refractivity contribution in [2.75, 3.05) is 40.5 Å². The topological polar surface area (TPSA) is 194 Å². The highest BCUT2D eigenvalue weighted by Crippen LogP contribution is 2.40. The molecule has 16 heteroatoms. The summed E-state index contributed by atoms with van der Waals surface area (Å²) in [6.45, 7) is 9.06. The molecule has 1 spiro atoms. The highest BCUT2D eigenvalue weighted by Gasteiger charge is 2.53. The number of amides is 4. The Morgan fingerprint density at radius 1 is 0.806 bits per heavy atom. The van der Waals surface area contributed by atoms with Crippen molar-refractivity contribution in [3.05, 3.63) is 82.5 Å². The third-order valence-corrected chi connectivity index (χ3v) is 12.4. The van der Waals surface area contributed by atoms with E-state index in [9.17, 15) is 24.0 Å². The summed E-state index contributed by atoms with van der Waals surface area (Å²) in [5.41, 5.74) is 4.93. The monoisotopic (exact) mass is 847 g/mol. The minimum Gasteiger partial charge on any atom is -0.453 e. The van der Waals surface area contributed by atoms with Crippen molar-refractivity contribution in [1.82, 2.24) is 30.4 Å². The van der Waals surface area contributed by atoms with Gasteiger partial charge in [0.1, 0.15) is 17.9 Å². The molecule has 0 unspecified atom stereocenters. The van der Waals surface area contributed by atoms with Gasteiger partial charge in [0.15, 0.2) is 5.79 Å². The zero-order valence-corrected chi connectivity index (χ0v) is 35.9. The quantitative estimate of drug-likeness (QED) is 0.178. The number of likely N-dealkylation sites (tertiary alicyclic amines) is 2. The molecule has 4 amide bonds. The standard InChI is InChI=1S/C46H53N7O9/c1-25(2)38(49-44(57)59-5)42(55)52-15-7-8-36(52)40-48-34-20-31(13-14-33(34)41(54)51-40)29-10-9-28-19-30(12-11-27(28)18-29)32-21-35(47-23-32)37-22-46(61-16-17-62-46)24-53(37)43(56)39(26(3)4)50-45(58)60-6/h9-14,18-20,23,25-26,36-39H,7-8,15-17,21-22,24H2,1-6H3,(H,49,57)(H,50,58)(H,48,51,54)/t36-,37-,38-,39-/m0/s1. The zero-order valence-electron chi connectivity index (χ0n) is 35.9. The van der Waals surface area contributed by atoms with E-state index >= 15 is 0 Å². The number of hydrogen-bond donors (Lipinski definition) is 3. The number of rotatable bonds is 10. The van der Waals surface area contributed by atoms with Crippen LogP contribution in [0.25, 0.3) is 38.4 Å². The second-order valence-electron chi connectivity index (χ2n) is 17.1. The number of carbonyl (C=O) groups is 4. The number of aromatic amines is 1. The van der Waals surface area contributed by atoms with Crippen molar-refractivity contribution >= 4 is 57.0 Å². The molecule has 3 aromatic carbocycles. The maximum atomic E-state index is 14.1. The molecule has 5 heterocycles. The number of aliphatic imine (C=N–C) groups is 1. The van der Waals surface area contributed by atoms with Crippen LogP contribution >= 0.6 is 0 Å². The van der Waals surface area contributed by atoms with E-state index in [4.69, 9.17) is 28.9 Å². The van der Waals surface area contributed by atoms with Crippen LogP contribution < -0.4 is 16.2 Å². The van der Waals surface area contributed by atoms with Gasteiger partial charge in [0.2, 0.25) is 11.8 Å². The highest BCUT2D eigenvalue weighted by atomic mass is 16.7. The number of hydrogen-bond acceptors (Lipinski definition) is 11. The van der Waals surface area contributed by atoms with Gasteiger partial charge in [0.05, 0.1) is 57.0 Å². The molecule has 62 heavy (non-hydrogen) atoms. The lowest BCUT2D eigenvalue weighted by molar-refractivity contribution is -0.153. The number of benzene rings is 3. The number of aromatic nitrogens is 2. The van der Waals surface area contributed by atoms with Gasteiger partial charge < -0.3 is 44.4 Å². The average molecular weight is 848 g/mol. The maximum absolute atomic E-state index is 14.1. The van der Waals surface area contributed by atoms with E-state index in [2.05, 4.69) is 45.9 Å². The van der Waals surface area contributed by atoms with Gasteiger partial charge in [-0.3, -0.25) is 19.4 Å².